The number of nitrogens with zero attached hydrogens (tertiary/aromatic N) is 2. The topological polar surface area (TPSA) is 45.9 Å². The Hall–Kier alpha value is -0.750. The maximum atomic E-state index is 12.1. The molecule has 1 aromatic heterocycles. The van der Waals surface area contributed by atoms with Gasteiger partial charge in [0.15, 0.2) is 5.75 Å². The van der Waals surface area contributed by atoms with E-state index in [1.807, 2.05) is 0 Å². The molecule has 0 aliphatic heterocycles. The molecule has 92 valence electrons. The summed E-state index contributed by atoms with van der Waals surface area (Å²) in [4.78, 5) is 3.88. The van der Waals surface area contributed by atoms with Crippen LogP contribution in [0.2, 0.25) is 0 Å². The smallest absolute Gasteiger partial charge is 0.404 e. The maximum Gasteiger partial charge on any atom is 0.573 e. The first-order chi connectivity index (χ1) is 7.87. The SMILES string of the molecule is N#CCc1nc(CCl)c(I)cc1OC(F)(F)F. The molecule has 0 aliphatic carbocycles. The van der Waals surface area contributed by atoms with Crippen LogP contribution in [0.5, 0.6) is 5.75 Å². The Bertz CT molecular complexity index is 459. The van der Waals surface area contributed by atoms with E-state index in [9.17, 15) is 13.2 Å². The average Bonchev–Trinajstić information content (AvgIpc) is 2.20. The molecule has 0 atom stereocenters. The zero-order chi connectivity index (χ0) is 13.1. The molecular weight excluding hydrogens is 371 g/mol. The Morgan fingerprint density at radius 2 is 2.12 bits per heavy atom. The van der Waals surface area contributed by atoms with Gasteiger partial charge in [0, 0.05) is 3.57 Å². The fourth-order valence-electron chi connectivity index (χ4n) is 1.06. The minimum absolute atomic E-state index is 0.0585. The zero-order valence-electron chi connectivity index (χ0n) is 8.18. The van der Waals surface area contributed by atoms with Crippen molar-refractivity contribution in [3.8, 4) is 11.8 Å². The second kappa shape index (κ2) is 5.73. The third-order valence-electron chi connectivity index (χ3n) is 1.69. The van der Waals surface area contributed by atoms with E-state index >= 15 is 0 Å². The molecule has 0 saturated heterocycles. The van der Waals surface area contributed by atoms with Crippen LogP contribution in [0.3, 0.4) is 0 Å². The minimum Gasteiger partial charge on any atom is -0.404 e. The van der Waals surface area contributed by atoms with E-state index in [1.54, 1.807) is 28.7 Å². The fraction of sp³-hybridized carbons (Fsp3) is 0.333. The lowest BCUT2D eigenvalue weighted by atomic mass is 10.2. The van der Waals surface area contributed by atoms with Crippen LogP contribution in [0.25, 0.3) is 0 Å². The Morgan fingerprint density at radius 1 is 1.47 bits per heavy atom. The number of alkyl halides is 4. The molecule has 3 nitrogen and oxygen atoms in total. The lowest BCUT2D eigenvalue weighted by molar-refractivity contribution is -0.275. The summed E-state index contributed by atoms with van der Waals surface area (Å²) in [7, 11) is 0. The third-order valence-corrected chi connectivity index (χ3v) is 2.87. The highest BCUT2D eigenvalue weighted by Gasteiger charge is 2.32. The van der Waals surface area contributed by atoms with E-state index in [0.717, 1.165) is 0 Å². The van der Waals surface area contributed by atoms with Crippen molar-refractivity contribution in [3.05, 3.63) is 21.0 Å². The van der Waals surface area contributed by atoms with Crippen molar-refractivity contribution < 1.29 is 17.9 Å². The highest BCUT2D eigenvalue weighted by atomic mass is 127. The standard InChI is InChI=1S/C9H5ClF3IN2O/c10-4-7-5(14)3-8(17-9(11,12)13)6(16-7)1-2-15/h3H,1,4H2. The number of aromatic nitrogens is 1. The number of hydrogen-bond acceptors (Lipinski definition) is 3. The van der Waals surface area contributed by atoms with Crippen molar-refractivity contribution in [3.63, 3.8) is 0 Å². The van der Waals surface area contributed by atoms with Crippen LogP contribution >= 0.6 is 34.2 Å². The van der Waals surface area contributed by atoms with Gasteiger partial charge in [-0.25, -0.2) is 0 Å². The van der Waals surface area contributed by atoms with Gasteiger partial charge in [-0.15, -0.1) is 24.8 Å². The third kappa shape index (κ3) is 4.20. The fourth-order valence-corrected chi connectivity index (χ4v) is 2.08. The van der Waals surface area contributed by atoms with Crippen LogP contribution in [0.4, 0.5) is 13.2 Å². The van der Waals surface area contributed by atoms with Crippen molar-refractivity contribution >= 4 is 34.2 Å². The molecule has 1 aromatic rings. The van der Waals surface area contributed by atoms with E-state index in [4.69, 9.17) is 16.9 Å². The summed E-state index contributed by atoms with van der Waals surface area (Å²) >= 11 is 7.38. The van der Waals surface area contributed by atoms with Crippen LogP contribution in [0.1, 0.15) is 11.4 Å². The van der Waals surface area contributed by atoms with Gasteiger partial charge in [-0.3, -0.25) is 4.98 Å². The summed E-state index contributed by atoms with van der Waals surface area (Å²) in [5.74, 6) is -0.402. The van der Waals surface area contributed by atoms with Gasteiger partial charge in [0.1, 0.15) is 0 Å². The summed E-state index contributed by atoms with van der Waals surface area (Å²) in [5.41, 5.74) is 0.355. The molecule has 0 amide bonds. The van der Waals surface area contributed by atoms with Crippen molar-refractivity contribution in [2.75, 3.05) is 0 Å². The van der Waals surface area contributed by atoms with E-state index < -0.39 is 12.1 Å². The van der Waals surface area contributed by atoms with Crippen LogP contribution in [0, 0.1) is 14.9 Å². The van der Waals surface area contributed by atoms with Crippen LogP contribution in [-0.2, 0) is 12.3 Å². The molecule has 0 N–H and O–H groups in total. The van der Waals surface area contributed by atoms with Gasteiger partial charge in [-0.05, 0) is 28.7 Å². The van der Waals surface area contributed by atoms with Gasteiger partial charge in [0.05, 0.1) is 29.8 Å². The molecule has 0 spiro atoms. The number of halogens is 5. The van der Waals surface area contributed by atoms with Gasteiger partial charge < -0.3 is 4.74 Å². The van der Waals surface area contributed by atoms with Crippen molar-refractivity contribution in [1.29, 1.82) is 5.26 Å². The molecule has 0 fully saturated rings. The number of hydrogen-bond donors (Lipinski definition) is 0. The van der Waals surface area contributed by atoms with Crippen LogP contribution in [-0.4, -0.2) is 11.3 Å². The summed E-state index contributed by atoms with van der Waals surface area (Å²) in [6.45, 7) is 0. The minimum atomic E-state index is -4.81. The van der Waals surface area contributed by atoms with Gasteiger partial charge in [-0.2, -0.15) is 5.26 Å². The Kier molecular flexibility index (Phi) is 4.82. The largest absolute Gasteiger partial charge is 0.573 e. The predicted molar refractivity (Wildman–Crippen MR) is 62.5 cm³/mol. The molecule has 0 saturated carbocycles. The van der Waals surface area contributed by atoms with Gasteiger partial charge in [-0.1, -0.05) is 0 Å². The Labute approximate surface area is 114 Å². The number of nitriles is 1. The second-order valence-corrected chi connectivity index (χ2v) is 4.31. The van der Waals surface area contributed by atoms with Gasteiger partial charge in [0.2, 0.25) is 0 Å². The zero-order valence-corrected chi connectivity index (χ0v) is 11.1. The monoisotopic (exact) mass is 376 g/mol. The summed E-state index contributed by atoms with van der Waals surface area (Å²) in [5, 5.41) is 8.51. The van der Waals surface area contributed by atoms with E-state index in [-0.39, 0.29) is 18.0 Å². The normalized spacial score (nSPS) is 11.1. The quantitative estimate of drug-likeness (QED) is 0.600. The molecule has 0 aromatic carbocycles. The lowest BCUT2D eigenvalue weighted by Crippen LogP contribution is -2.19. The number of pyridine rings is 1. The summed E-state index contributed by atoms with van der Waals surface area (Å²) in [6.07, 6.45) is -5.08. The summed E-state index contributed by atoms with van der Waals surface area (Å²) < 4.78 is 40.6. The van der Waals surface area contributed by atoms with Crippen LogP contribution < -0.4 is 4.74 Å². The molecule has 0 radical (unpaired) electrons. The average molecular weight is 377 g/mol. The van der Waals surface area contributed by atoms with E-state index in [2.05, 4.69) is 9.72 Å². The molecule has 0 bridgehead atoms. The molecule has 17 heavy (non-hydrogen) atoms. The molecule has 0 aliphatic rings. The van der Waals surface area contributed by atoms with E-state index in [1.165, 1.54) is 6.07 Å². The first kappa shape index (κ1) is 14.3. The first-order valence-corrected chi connectivity index (χ1v) is 5.85. The highest BCUT2D eigenvalue weighted by Crippen LogP contribution is 2.28. The van der Waals surface area contributed by atoms with Crippen molar-refractivity contribution in [2.24, 2.45) is 0 Å². The molecular formula is C9H5ClF3IN2O. The number of rotatable bonds is 3. The lowest BCUT2D eigenvalue weighted by Gasteiger charge is -2.13. The van der Waals surface area contributed by atoms with Crippen molar-refractivity contribution in [2.45, 2.75) is 18.7 Å². The van der Waals surface area contributed by atoms with E-state index in [0.29, 0.717) is 9.26 Å². The predicted octanol–water partition coefficient (Wildman–Crippen LogP) is 3.39. The van der Waals surface area contributed by atoms with Crippen LogP contribution in [0.15, 0.2) is 6.07 Å². The maximum absolute atomic E-state index is 12.1. The van der Waals surface area contributed by atoms with Gasteiger partial charge >= 0.3 is 6.36 Å². The van der Waals surface area contributed by atoms with Gasteiger partial charge in [0.25, 0.3) is 0 Å². The summed E-state index contributed by atoms with van der Waals surface area (Å²) in [6, 6.07) is 2.90. The van der Waals surface area contributed by atoms with Crippen molar-refractivity contribution in [1.82, 2.24) is 4.98 Å². The molecule has 1 heterocycles. The molecule has 0 unspecified atom stereocenters. The first-order valence-electron chi connectivity index (χ1n) is 4.24. The molecule has 8 heteroatoms. The second-order valence-electron chi connectivity index (χ2n) is 2.88. The number of ether oxygens (including phenoxy) is 1. The Balaban J connectivity index is 3.19. The Morgan fingerprint density at radius 3 is 2.59 bits per heavy atom. The molecule has 1 rings (SSSR count). The highest BCUT2D eigenvalue weighted by molar-refractivity contribution is 14.1.